The third kappa shape index (κ3) is 3.15. The summed E-state index contributed by atoms with van der Waals surface area (Å²) in [7, 11) is 0. The highest BCUT2D eigenvalue weighted by molar-refractivity contribution is 9.10. The molecule has 1 N–H and O–H groups in total. The van der Waals surface area contributed by atoms with Crippen molar-refractivity contribution in [2.45, 2.75) is 12.3 Å². The second kappa shape index (κ2) is 6.47. The van der Waals surface area contributed by atoms with Crippen molar-refractivity contribution in [3.05, 3.63) is 56.5 Å². The lowest BCUT2D eigenvalue weighted by atomic mass is 9.93. The number of halogens is 3. The minimum absolute atomic E-state index is 0.411. The summed E-state index contributed by atoms with van der Waals surface area (Å²) >= 11 is 15.8. The molecule has 0 saturated carbocycles. The first-order chi connectivity index (χ1) is 10.2. The largest absolute Gasteiger partial charge is 0.493 e. The van der Waals surface area contributed by atoms with Gasteiger partial charge in [0, 0.05) is 16.9 Å². The van der Waals surface area contributed by atoms with Crippen molar-refractivity contribution in [3.63, 3.8) is 0 Å². The zero-order valence-electron chi connectivity index (χ0n) is 11.2. The van der Waals surface area contributed by atoms with E-state index in [0.717, 1.165) is 35.5 Å². The molecular formula is C16H14BrCl2NO. The second-order valence-electron chi connectivity index (χ2n) is 4.98. The number of para-hydroxylation sites is 1. The molecule has 0 fully saturated rings. The van der Waals surface area contributed by atoms with Gasteiger partial charge in [-0.25, -0.2) is 0 Å². The van der Waals surface area contributed by atoms with Gasteiger partial charge in [-0.1, -0.05) is 41.4 Å². The van der Waals surface area contributed by atoms with Crippen molar-refractivity contribution in [2.75, 3.05) is 18.5 Å². The Bertz CT molecular complexity index is 663. The fraction of sp³-hybridized carbons (Fsp3) is 0.250. The molecule has 0 aromatic heterocycles. The summed E-state index contributed by atoms with van der Waals surface area (Å²) in [6.45, 7) is 1.55. The molecule has 21 heavy (non-hydrogen) atoms. The molecule has 1 aliphatic heterocycles. The van der Waals surface area contributed by atoms with Gasteiger partial charge in [-0.2, -0.15) is 0 Å². The van der Waals surface area contributed by atoms with Crippen LogP contribution in [-0.4, -0.2) is 13.2 Å². The van der Waals surface area contributed by atoms with Gasteiger partial charge in [0.1, 0.15) is 5.75 Å². The number of hydrogen-bond donors (Lipinski definition) is 1. The number of hydrogen-bond acceptors (Lipinski definition) is 2. The fourth-order valence-corrected chi connectivity index (χ4v) is 3.36. The highest BCUT2D eigenvalue weighted by Crippen LogP contribution is 2.37. The SMILES string of the molecule is Clc1c(Br)ccc(NCC2CCOc3ccccc32)c1Cl. The number of ether oxygens (including phenoxy) is 1. The Hall–Kier alpha value is -0.900. The predicted octanol–water partition coefficient (Wildman–Crippen LogP) is 5.73. The van der Waals surface area contributed by atoms with Crippen LogP contribution in [0.4, 0.5) is 5.69 Å². The maximum atomic E-state index is 6.27. The Morgan fingerprint density at radius 2 is 1.95 bits per heavy atom. The number of benzene rings is 2. The van der Waals surface area contributed by atoms with E-state index in [-0.39, 0.29) is 0 Å². The van der Waals surface area contributed by atoms with E-state index in [9.17, 15) is 0 Å². The van der Waals surface area contributed by atoms with E-state index in [4.69, 9.17) is 27.9 Å². The lowest BCUT2D eigenvalue weighted by molar-refractivity contribution is 0.270. The number of fused-ring (bicyclic) bond motifs is 1. The van der Waals surface area contributed by atoms with Crippen molar-refractivity contribution in [2.24, 2.45) is 0 Å². The van der Waals surface area contributed by atoms with Gasteiger partial charge in [0.05, 0.1) is 22.3 Å². The maximum Gasteiger partial charge on any atom is 0.122 e. The number of nitrogens with one attached hydrogen (secondary N) is 1. The van der Waals surface area contributed by atoms with Crippen LogP contribution >= 0.6 is 39.1 Å². The molecule has 1 aliphatic rings. The summed E-state index contributed by atoms with van der Waals surface area (Å²) in [5.41, 5.74) is 2.10. The average molecular weight is 387 g/mol. The maximum absolute atomic E-state index is 6.27. The Morgan fingerprint density at radius 3 is 2.81 bits per heavy atom. The summed E-state index contributed by atoms with van der Waals surface area (Å²) in [6, 6.07) is 12.0. The van der Waals surface area contributed by atoms with Crippen LogP contribution in [0.5, 0.6) is 5.75 Å². The van der Waals surface area contributed by atoms with Crippen LogP contribution < -0.4 is 10.1 Å². The van der Waals surface area contributed by atoms with Gasteiger partial charge in [-0.3, -0.25) is 0 Å². The Balaban J connectivity index is 1.76. The van der Waals surface area contributed by atoms with E-state index in [2.05, 4.69) is 27.3 Å². The number of rotatable bonds is 3. The molecule has 2 aromatic rings. The average Bonchev–Trinajstić information content (AvgIpc) is 2.52. The molecule has 1 atom stereocenters. The van der Waals surface area contributed by atoms with Crippen LogP contribution in [0.25, 0.3) is 0 Å². The molecule has 0 bridgehead atoms. The van der Waals surface area contributed by atoms with Gasteiger partial charge < -0.3 is 10.1 Å². The third-order valence-corrected chi connectivity index (χ3v) is 5.43. The number of anilines is 1. The van der Waals surface area contributed by atoms with Crippen molar-refractivity contribution >= 4 is 44.8 Å². The topological polar surface area (TPSA) is 21.3 Å². The minimum Gasteiger partial charge on any atom is -0.493 e. The summed E-state index contributed by atoms with van der Waals surface area (Å²) in [4.78, 5) is 0. The van der Waals surface area contributed by atoms with Gasteiger partial charge in [-0.05, 0) is 46.1 Å². The van der Waals surface area contributed by atoms with E-state index < -0.39 is 0 Å². The lowest BCUT2D eigenvalue weighted by Gasteiger charge is -2.26. The molecule has 0 amide bonds. The van der Waals surface area contributed by atoms with Crippen LogP contribution in [0.15, 0.2) is 40.9 Å². The zero-order chi connectivity index (χ0) is 14.8. The van der Waals surface area contributed by atoms with Crippen LogP contribution in [0.2, 0.25) is 10.0 Å². The second-order valence-corrected chi connectivity index (χ2v) is 6.59. The Morgan fingerprint density at radius 1 is 1.14 bits per heavy atom. The van der Waals surface area contributed by atoms with Crippen LogP contribution in [0, 0.1) is 0 Å². The summed E-state index contributed by atoms with van der Waals surface area (Å²) in [5.74, 6) is 1.39. The predicted molar refractivity (Wildman–Crippen MR) is 91.9 cm³/mol. The van der Waals surface area contributed by atoms with Crippen molar-refractivity contribution < 1.29 is 4.74 Å². The molecular weight excluding hydrogens is 373 g/mol. The van der Waals surface area contributed by atoms with Gasteiger partial charge in [0.15, 0.2) is 0 Å². The van der Waals surface area contributed by atoms with Crippen LogP contribution in [0.3, 0.4) is 0 Å². The van der Waals surface area contributed by atoms with E-state index >= 15 is 0 Å². The summed E-state index contributed by atoms with van der Waals surface area (Å²) in [5, 5.41) is 4.48. The van der Waals surface area contributed by atoms with Crippen molar-refractivity contribution in [1.29, 1.82) is 0 Å². The quantitative estimate of drug-likeness (QED) is 0.679. The normalized spacial score (nSPS) is 17.0. The smallest absolute Gasteiger partial charge is 0.122 e. The monoisotopic (exact) mass is 385 g/mol. The summed E-state index contributed by atoms with van der Waals surface area (Å²) < 4.78 is 6.49. The molecule has 0 aliphatic carbocycles. The molecule has 0 radical (unpaired) electrons. The highest BCUT2D eigenvalue weighted by Gasteiger charge is 2.21. The highest BCUT2D eigenvalue weighted by atomic mass is 79.9. The van der Waals surface area contributed by atoms with E-state index in [0.29, 0.717) is 16.0 Å². The Labute approximate surface area is 142 Å². The van der Waals surface area contributed by atoms with Crippen molar-refractivity contribution in [1.82, 2.24) is 0 Å². The lowest BCUT2D eigenvalue weighted by Crippen LogP contribution is -2.20. The minimum atomic E-state index is 0.411. The van der Waals surface area contributed by atoms with Crippen LogP contribution in [0.1, 0.15) is 17.9 Å². The fourth-order valence-electron chi connectivity index (χ4n) is 2.52. The van der Waals surface area contributed by atoms with Gasteiger partial charge >= 0.3 is 0 Å². The standard InChI is InChI=1S/C16H14BrCl2NO/c17-12-5-6-13(16(19)15(12)18)20-9-10-7-8-21-14-4-2-1-3-11(10)14/h1-6,10,20H,7-9H2. The van der Waals surface area contributed by atoms with Gasteiger partial charge in [-0.15, -0.1) is 0 Å². The molecule has 110 valence electrons. The molecule has 2 nitrogen and oxygen atoms in total. The molecule has 5 heteroatoms. The molecule has 1 heterocycles. The van der Waals surface area contributed by atoms with E-state index in [1.165, 1.54) is 5.56 Å². The molecule has 3 rings (SSSR count). The zero-order valence-corrected chi connectivity index (χ0v) is 14.3. The van der Waals surface area contributed by atoms with Crippen LogP contribution in [-0.2, 0) is 0 Å². The first-order valence-corrected chi connectivity index (χ1v) is 8.31. The molecule has 0 spiro atoms. The Kier molecular flexibility index (Phi) is 4.63. The van der Waals surface area contributed by atoms with E-state index in [1.807, 2.05) is 30.3 Å². The summed E-state index contributed by atoms with van der Waals surface area (Å²) in [6.07, 6.45) is 0.992. The first-order valence-electron chi connectivity index (χ1n) is 6.76. The first kappa shape index (κ1) is 15.0. The van der Waals surface area contributed by atoms with Gasteiger partial charge in [0.2, 0.25) is 0 Å². The molecule has 0 saturated heterocycles. The van der Waals surface area contributed by atoms with Crippen molar-refractivity contribution in [3.8, 4) is 5.75 Å². The van der Waals surface area contributed by atoms with E-state index in [1.54, 1.807) is 0 Å². The molecule has 1 unspecified atom stereocenters. The third-order valence-electron chi connectivity index (χ3n) is 3.66. The molecule has 2 aromatic carbocycles. The van der Waals surface area contributed by atoms with Gasteiger partial charge in [0.25, 0.3) is 0 Å².